The average Bonchev–Trinajstić information content (AvgIpc) is 2.59. The van der Waals surface area contributed by atoms with Crippen molar-refractivity contribution < 1.29 is 9.53 Å². The molecular formula is C9H15NO2S2. The number of hydrogen-bond donors (Lipinski definition) is 0. The Bertz CT molecular complexity index is 221. The second kappa shape index (κ2) is 6.24. The molecule has 0 aliphatic carbocycles. The summed E-state index contributed by atoms with van der Waals surface area (Å²) in [5.74, 6) is 0.892. The van der Waals surface area contributed by atoms with E-state index >= 15 is 0 Å². The van der Waals surface area contributed by atoms with Crippen LogP contribution in [0.25, 0.3) is 0 Å². The SMILES string of the molecule is CCCCCOC(=O)N1CCSC1=S. The molecule has 0 N–H and O–H groups in total. The maximum absolute atomic E-state index is 11.4. The molecule has 1 aliphatic rings. The third kappa shape index (κ3) is 3.46. The largest absolute Gasteiger partial charge is 0.449 e. The van der Waals surface area contributed by atoms with E-state index < -0.39 is 0 Å². The quantitative estimate of drug-likeness (QED) is 0.551. The van der Waals surface area contributed by atoms with Crippen molar-refractivity contribution in [3.05, 3.63) is 0 Å². The zero-order chi connectivity index (χ0) is 10.4. The van der Waals surface area contributed by atoms with Gasteiger partial charge in [-0.2, -0.15) is 0 Å². The molecule has 1 heterocycles. The summed E-state index contributed by atoms with van der Waals surface area (Å²) in [4.78, 5) is 13.0. The topological polar surface area (TPSA) is 29.5 Å². The molecule has 5 heteroatoms. The summed E-state index contributed by atoms with van der Waals surface area (Å²) in [6.07, 6.45) is 2.90. The standard InChI is InChI=1S/C9H15NO2S2/c1-2-3-4-6-12-8(11)10-5-7-14-9(10)13/h2-7H2,1H3. The number of unbranched alkanes of at least 4 members (excludes halogenated alkanes) is 2. The molecule has 1 fully saturated rings. The van der Waals surface area contributed by atoms with Crippen LogP contribution in [0.2, 0.25) is 0 Å². The first-order valence-corrected chi connectivity index (χ1v) is 6.26. The summed E-state index contributed by atoms with van der Waals surface area (Å²) < 4.78 is 5.73. The van der Waals surface area contributed by atoms with Gasteiger partial charge in [0, 0.05) is 12.3 Å². The van der Waals surface area contributed by atoms with Crippen molar-refractivity contribution in [3.8, 4) is 0 Å². The number of carbonyl (C=O) groups is 1. The second-order valence-electron chi connectivity index (χ2n) is 3.09. The van der Waals surface area contributed by atoms with E-state index in [-0.39, 0.29) is 6.09 Å². The molecule has 0 aromatic carbocycles. The van der Waals surface area contributed by atoms with E-state index in [0.717, 1.165) is 25.0 Å². The van der Waals surface area contributed by atoms with Crippen molar-refractivity contribution >= 4 is 34.4 Å². The highest BCUT2D eigenvalue weighted by molar-refractivity contribution is 8.23. The summed E-state index contributed by atoms with van der Waals surface area (Å²) >= 11 is 6.54. The van der Waals surface area contributed by atoms with Crippen LogP contribution in [0.5, 0.6) is 0 Å². The molecule has 0 bridgehead atoms. The Hall–Kier alpha value is -0.290. The third-order valence-electron chi connectivity index (χ3n) is 1.95. The van der Waals surface area contributed by atoms with Crippen LogP contribution < -0.4 is 0 Å². The smallest absolute Gasteiger partial charge is 0.415 e. The Kier molecular flexibility index (Phi) is 5.25. The maximum Gasteiger partial charge on any atom is 0.415 e. The molecule has 0 radical (unpaired) electrons. The number of amides is 1. The number of carbonyl (C=O) groups excluding carboxylic acids is 1. The van der Waals surface area contributed by atoms with Crippen molar-refractivity contribution in [2.45, 2.75) is 26.2 Å². The first-order chi connectivity index (χ1) is 6.75. The van der Waals surface area contributed by atoms with Gasteiger partial charge in [0.15, 0.2) is 0 Å². The molecule has 0 aromatic heterocycles. The Morgan fingerprint density at radius 2 is 2.43 bits per heavy atom. The van der Waals surface area contributed by atoms with Crippen molar-refractivity contribution in [1.29, 1.82) is 0 Å². The van der Waals surface area contributed by atoms with Gasteiger partial charge < -0.3 is 4.74 Å². The normalized spacial score (nSPS) is 16.1. The summed E-state index contributed by atoms with van der Waals surface area (Å²) in [6, 6.07) is 0. The fourth-order valence-corrected chi connectivity index (χ4v) is 2.33. The lowest BCUT2D eigenvalue weighted by atomic mass is 10.3. The Morgan fingerprint density at radius 3 is 3.00 bits per heavy atom. The van der Waals surface area contributed by atoms with Crippen LogP contribution in [-0.2, 0) is 4.74 Å². The molecule has 0 spiro atoms. The minimum Gasteiger partial charge on any atom is -0.449 e. The van der Waals surface area contributed by atoms with Gasteiger partial charge in [0.2, 0.25) is 0 Å². The van der Waals surface area contributed by atoms with Crippen molar-refractivity contribution in [3.63, 3.8) is 0 Å². The van der Waals surface area contributed by atoms with E-state index in [9.17, 15) is 4.79 Å². The minimum atomic E-state index is -0.281. The minimum absolute atomic E-state index is 0.281. The van der Waals surface area contributed by atoms with Gasteiger partial charge in [-0.3, -0.25) is 4.90 Å². The molecule has 1 amide bonds. The molecule has 80 valence electrons. The van der Waals surface area contributed by atoms with Crippen LogP contribution in [0.1, 0.15) is 26.2 Å². The highest BCUT2D eigenvalue weighted by Gasteiger charge is 2.24. The van der Waals surface area contributed by atoms with Gasteiger partial charge in [-0.25, -0.2) is 4.79 Å². The van der Waals surface area contributed by atoms with Crippen molar-refractivity contribution in [2.24, 2.45) is 0 Å². The second-order valence-corrected chi connectivity index (χ2v) is 4.82. The first-order valence-electron chi connectivity index (χ1n) is 4.86. The third-order valence-corrected chi connectivity index (χ3v) is 3.38. The van der Waals surface area contributed by atoms with Crippen LogP contribution in [0.4, 0.5) is 4.79 Å². The molecule has 1 rings (SSSR count). The van der Waals surface area contributed by atoms with Crippen LogP contribution in [0, 0.1) is 0 Å². The number of rotatable bonds is 4. The Morgan fingerprint density at radius 1 is 1.64 bits per heavy atom. The molecular weight excluding hydrogens is 218 g/mol. The zero-order valence-corrected chi connectivity index (χ0v) is 9.96. The monoisotopic (exact) mass is 233 g/mol. The molecule has 14 heavy (non-hydrogen) atoms. The molecule has 0 atom stereocenters. The van der Waals surface area contributed by atoms with E-state index in [0.29, 0.717) is 17.5 Å². The average molecular weight is 233 g/mol. The lowest BCUT2D eigenvalue weighted by Crippen LogP contribution is -2.31. The molecule has 0 unspecified atom stereocenters. The Balaban J connectivity index is 2.18. The van der Waals surface area contributed by atoms with Crippen molar-refractivity contribution in [2.75, 3.05) is 18.9 Å². The van der Waals surface area contributed by atoms with Gasteiger partial charge in [-0.1, -0.05) is 43.7 Å². The summed E-state index contributed by atoms with van der Waals surface area (Å²) in [5, 5.41) is 0. The molecule has 0 aromatic rings. The van der Waals surface area contributed by atoms with Gasteiger partial charge in [-0.05, 0) is 6.42 Å². The number of nitrogens with zero attached hydrogens (tertiary/aromatic N) is 1. The maximum atomic E-state index is 11.4. The van der Waals surface area contributed by atoms with Gasteiger partial charge in [0.1, 0.15) is 4.32 Å². The highest BCUT2D eigenvalue weighted by Crippen LogP contribution is 2.18. The van der Waals surface area contributed by atoms with Crippen molar-refractivity contribution in [1.82, 2.24) is 4.90 Å². The van der Waals surface area contributed by atoms with Crippen LogP contribution in [0.3, 0.4) is 0 Å². The van der Waals surface area contributed by atoms with Crippen LogP contribution in [0.15, 0.2) is 0 Å². The predicted molar refractivity (Wildman–Crippen MR) is 62.6 cm³/mol. The summed E-state index contributed by atoms with van der Waals surface area (Å²) in [7, 11) is 0. The number of ether oxygens (including phenoxy) is 1. The fraction of sp³-hybridized carbons (Fsp3) is 0.778. The lowest BCUT2D eigenvalue weighted by molar-refractivity contribution is 0.124. The zero-order valence-electron chi connectivity index (χ0n) is 8.32. The van der Waals surface area contributed by atoms with E-state index in [1.165, 1.54) is 16.7 Å². The summed E-state index contributed by atoms with van der Waals surface area (Å²) in [6.45, 7) is 3.32. The van der Waals surface area contributed by atoms with Gasteiger partial charge >= 0.3 is 6.09 Å². The predicted octanol–water partition coefficient (Wildman–Crippen LogP) is 2.65. The van der Waals surface area contributed by atoms with Crippen LogP contribution in [-0.4, -0.2) is 34.2 Å². The molecule has 1 aliphatic heterocycles. The Labute approximate surface area is 94.2 Å². The van der Waals surface area contributed by atoms with E-state index in [2.05, 4.69) is 6.92 Å². The van der Waals surface area contributed by atoms with Gasteiger partial charge in [0.25, 0.3) is 0 Å². The molecule has 3 nitrogen and oxygen atoms in total. The summed E-state index contributed by atoms with van der Waals surface area (Å²) in [5.41, 5.74) is 0. The highest BCUT2D eigenvalue weighted by atomic mass is 32.2. The van der Waals surface area contributed by atoms with Crippen LogP contribution >= 0.6 is 24.0 Å². The van der Waals surface area contributed by atoms with Gasteiger partial charge in [0.05, 0.1) is 6.61 Å². The van der Waals surface area contributed by atoms with E-state index in [1.807, 2.05) is 0 Å². The lowest BCUT2D eigenvalue weighted by Gasteiger charge is -2.14. The number of hydrogen-bond acceptors (Lipinski definition) is 4. The first kappa shape index (κ1) is 11.8. The number of thiocarbonyl (C=S) groups is 1. The molecule has 0 saturated carbocycles. The molecule has 1 saturated heterocycles. The fourth-order valence-electron chi connectivity index (χ4n) is 1.15. The number of thioether (sulfide) groups is 1. The van der Waals surface area contributed by atoms with E-state index in [1.54, 1.807) is 0 Å². The van der Waals surface area contributed by atoms with E-state index in [4.69, 9.17) is 17.0 Å². The van der Waals surface area contributed by atoms with Gasteiger partial charge in [-0.15, -0.1) is 0 Å².